The topological polar surface area (TPSA) is 78.9 Å². The molecule has 0 aromatic rings. The summed E-state index contributed by atoms with van der Waals surface area (Å²) in [5.41, 5.74) is 0. The summed E-state index contributed by atoms with van der Waals surface area (Å²) in [6, 6.07) is 0. The summed E-state index contributed by atoms with van der Waals surface area (Å²) in [7, 11) is 0. The number of allylic oxidation sites excluding steroid dienone is 4. The number of hydrogen-bond acceptors (Lipinski definition) is 6. The minimum atomic E-state index is -0.771. The molecule has 0 amide bonds. The van der Waals surface area contributed by atoms with Gasteiger partial charge in [-0.15, -0.1) is 0 Å². The van der Waals surface area contributed by atoms with Gasteiger partial charge in [0.1, 0.15) is 13.2 Å². The van der Waals surface area contributed by atoms with E-state index >= 15 is 0 Å². The molecule has 6 nitrogen and oxygen atoms in total. The Hall–Kier alpha value is -2.11. The molecular formula is C61H114O6. The van der Waals surface area contributed by atoms with Gasteiger partial charge in [-0.05, 0) is 44.9 Å². The van der Waals surface area contributed by atoms with Crippen LogP contribution in [-0.4, -0.2) is 37.2 Å². The second kappa shape index (κ2) is 56.5. The van der Waals surface area contributed by atoms with Gasteiger partial charge in [0.25, 0.3) is 0 Å². The first kappa shape index (κ1) is 64.9. The second-order valence-electron chi connectivity index (χ2n) is 20.3. The van der Waals surface area contributed by atoms with Crippen LogP contribution in [0.5, 0.6) is 0 Å². The summed E-state index contributed by atoms with van der Waals surface area (Å²) in [6.45, 7) is 6.54. The summed E-state index contributed by atoms with van der Waals surface area (Å²) in [5.74, 6) is -0.882. The Morgan fingerprint density at radius 1 is 0.299 bits per heavy atom. The average molecular weight is 944 g/mol. The molecule has 0 saturated heterocycles. The largest absolute Gasteiger partial charge is 0.462 e. The molecule has 0 saturated carbocycles. The Bertz CT molecular complexity index is 1080. The molecule has 0 spiro atoms. The highest BCUT2D eigenvalue weighted by atomic mass is 16.6. The molecule has 0 rings (SSSR count). The van der Waals surface area contributed by atoms with E-state index < -0.39 is 6.10 Å². The smallest absolute Gasteiger partial charge is 0.306 e. The first-order chi connectivity index (χ1) is 33.0. The summed E-state index contributed by atoms with van der Waals surface area (Å²) >= 11 is 0. The van der Waals surface area contributed by atoms with Crippen molar-refractivity contribution in [2.45, 2.75) is 335 Å². The van der Waals surface area contributed by atoms with E-state index in [2.05, 4.69) is 45.1 Å². The molecule has 1 atom stereocenters. The van der Waals surface area contributed by atoms with Crippen LogP contribution in [-0.2, 0) is 28.6 Å². The van der Waals surface area contributed by atoms with E-state index in [4.69, 9.17) is 14.2 Å². The SMILES string of the molecule is CCC/C=C\C/C=C\CCCCCCCC(=O)OC(COC(=O)CCCCCCCC)COC(=O)CCCCCCCCCCCCCCCCCCCCCCCCCCCCCCCC. The summed E-state index contributed by atoms with van der Waals surface area (Å²) in [5, 5.41) is 0. The molecule has 0 fully saturated rings. The monoisotopic (exact) mass is 943 g/mol. The van der Waals surface area contributed by atoms with Crippen molar-refractivity contribution in [3.8, 4) is 0 Å². The van der Waals surface area contributed by atoms with Crippen LogP contribution in [0.4, 0.5) is 0 Å². The zero-order valence-corrected chi connectivity index (χ0v) is 45.2. The molecule has 0 bridgehead atoms. The molecule has 67 heavy (non-hydrogen) atoms. The minimum absolute atomic E-state index is 0.0730. The Kier molecular flexibility index (Phi) is 54.7. The van der Waals surface area contributed by atoms with Crippen LogP contribution in [0.3, 0.4) is 0 Å². The van der Waals surface area contributed by atoms with Gasteiger partial charge < -0.3 is 14.2 Å². The maximum Gasteiger partial charge on any atom is 0.306 e. The van der Waals surface area contributed by atoms with E-state index in [1.54, 1.807) is 0 Å². The second-order valence-corrected chi connectivity index (χ2v) is 20.3. The summed E-state index contributed by atoms with van der Waals surface area (Å²) in [4.78, 5) is 37.8. The van der Waals surface area contributed by atoms with E-state index in [1.165, 1.54) is 199 Å². The average Bonchev–Trinajstić information content (AvgIpc) is 3.33. The van der Waals surface area contributed by atoms with Gasteiger partial charge in [-0.1, -0.05) is 289 Å². The molecule has 0 aromatic heterocycles. The first-order valence-corrected chi connectivity index (χ1v) is 29.8. The number of unbranched alkanes of at least 4 members (excludes halogenated alkanes) is 40. The molecule has 394 valence electrons. The predicted octanol–water partition coefficient (Wildman–Crippen LogP) is 19.9. The van der Waals surface area contributed by atoms with E-state index in [0.717, 1.165) is 89.9 Å². The van der Waals surface area contributed by atoms with Gasteiger partial charge in [0.2, 0.25) is 0 Å². The number of carbonyl (C=O) groups is 3. The van der Waals surface area contributed by atoms with Crippen LogP contribution < -0.4 is 0 Å². The highest BCUT2D eigenvalue weighted by molar-refractivity contribution is 5.71. The normalized spacial score (nSPS) is 12.1. The van der Waals surface area contributed by atoms with Crippen LogP contribution in [0.25, 0.3) is 0 Å². The lowest BCUT2D eigenvalue weighted by atomic mass is 10.0. The third-order valence-corrected chi connectivity index (χ3v) is 13.4. The third-order valence-electron chi connectivity index (χ3n) is 13.4. The highest BCUT2D eigenvalue weighted by Crippen LogP contribution is 2.18. The van der Waals surface area contributed by atoms with Crippen molar-refractivity contribution in [3.05, 3.63) is 24.3 Å². The van der Waals surface area contributed by atoms with Gasteiger partial charge >= 0.3 is 17.9 Å². The molecule has 0 radical (unpaired) electrons. The molecule has 0 heterocycles. The van der Waals surface area contributed by atoms with Crippen LogP contribution in [0.2, 0.25) is 0 Å². The third kappa shape index (κ3) is 54.7. The van der Waals surface area contributed by atoms with Gasteiger partial charge in [0.15, 0.2) is 6.10 Å². The van der Waals surface area contributed by atoms with E-state index in [9.17, 15) is 14.4 Å². The maximum absolute atomic E-state index is 12.7. The van der Waals surface area contributed by atoms with Crippen molar-refractivity contribution in [1.29, 1.82) is 0 Å². The predicted molar refractivity (Wildman–Crippen MR) is 289 cm³/mol. The van der Waals surface area contributed by atoms with E-state index in [1.807, 2.05) is 0 Å². The van der Waals surface area contributed by atoms with Gasteiger partial charge in [-0.3, -0.25) is 14.4 Å². The quantitative estimate of drug-likeness (QED) is 0.0262. The lowest BCUT2D eigenvalue weighted by Crippen LogP contribution is -2.30. The van der Waals surface area contributed by atoms with Crippen LogP contribution in [0.15, 0.2) is 24.3 Å². The van der Waals surface area contributed by atoms with Crippen molar-refractivity contribution < 1.29 is 28.6 Å². The van der Waals surface area contributed by atoms with Gasteiger partial charge in [0.05, 0.1) is 0 Å². The van der Waals surface area contributed by atoms with Gasteiger partial charge in [-0.2, -0.15) is 0 Å². The molecule has 0 aromatic carbocycles. The summed E-state index contributed by atoms with van der Waals surface area (Å²) in [6.07, 6.45) is 66.7. The fourth-order valence-corrected chi connectivity index (χ4v) is 8.95. The Morgan fingerprint density at radius 2 is 0.567 bits per heavy atom. The molecule has 0 aliphatic carbocycles. The highest BCUT2D eigenvalue weighted by Gasteiger charge is 2.19. The number of esters is 3. The lowest BCUT2D eigenvalue weighted by molar-refractivity contribution is -0.167. The van der Waals surface area contributed by atoms with Gasteiger partial charge in [0, 0.05) is 19.3 Å². The molecule has 0 N–H and O–H groups in total. The number of ether oxygens (including phenoxy) is 3. The van der Waals surface area contributed by atoms with Crippen LogP contribution in [0, 0.1) is 0 Å². The van der Waals surface area contributed by atoms with Crippen molar-refractivity contribution in [2.24, 2.45) is 0 Å². The van der Waals surface area contributed by atoms with E-state index in [-0.39, 0.29) is 31.1 Å². The van der Waals surface area contributed by atoms with Gasteiger partial charge in [-0.25, -0.2) is 0 Å². The Labute approximate surface area is 417 Å². The van der Waals surface area contributed by atoms with Crippen LogP contribution >= 0.6 is 0 Å². The van der Waals surface area contributed by atoms with Crippen LogP contribution in [0.1, 0.15) is 329 Å². The molecule has 6 heteroatoms. The molecule has 0 aliphatic rings. The zero-order valence-electron chi connectivity index (χ0n) is 45.2. The Balaban J connectivity index is 3.92. The van der Waals surface area contributed by atoms with E-state index in [0.29, 0.717) is 19.3 Å². The lowest BCUT2D eigenvalue weighted by Gasteiger charge is -2.18. The molecule has 1 unspecified atom stereocenters. The standard InChI is InChI=1S/C61H114O6/c1-4-7-10-13-16-18-20-22-23-24-25-26-27-28-29-30-31-32-33-34-35-36-37-38-40-41-43-45-48-51-54-60(63)66-57-58(56-65-59(62)53-50-47-15-12-9-6-3)67-61(64)55-52-49-46-44-42-39-21-19-17-14-11-8-5-2/h11,14,19,21,58H,4-10,12-13,15-18,20,22-57H2,1-3H3/b14-11-,21-19-. The maximum atomic E-state index is 12.7. The number of hydrogen-bond donors (Lipinski definition) is 0. The first-order valence-electron chi connectivity index (χ1n) is 29.8. The van der Waals surface area contributed by atoms with Crippen molar-refractivity contribution in [3.63, 3.8) is 0 Å². The molecular weight excluding hydrogens is 829 g/mol. The minimum Gasteiger partial charge on any atom is -0.462 e. The van der Waals surface area contributed by atoms with Crippen molar-refractivity contribution >= 4 is 17.9 Å². The van der Waals surface area contributed by atoms with Crippen molar-refractivity contribution in [2.75, 3.05) is 13.2 Å². The molecule has 0 aliphatic heterocycles. The summed E-state index contributed by atoms with van der Waals surface area (Å²) < 4.78 is 16.7. The van der Waals surface area contributed by atoms with Crippen molar-refractivity contribution in [1.82, 2.24) is 0 Å². The fraction of sp³-hybridized carbons (Fsp3) is 0.885. The fourth-order valence-electron chi connectivity index (χ4n) is 8.95. The Morgan fingerprint density at radius 3 is 0.881 bits per heavy atom. The number of carbonyl (C=O) groups excluding carboxylic acids is 3. The zero-order chi connectivity index (χ0) is 48.6. The number of rotatable bonds is 55.